The van der Waals surface area contributed by atoms with Crippen molar-refractivity contribution in [2.75, 3.05) is 26.4 Å². The number of rotatable bonds is 7. The zero-order valence-electron chi connectivity index (χ0n) is 22.1. The zero-order valence-corrected chi connectivity index (χ0v) is 22.1. The monoisotopic (exact) mass is 517 g/mol. The molecule has 3 unspecified atom stereocenters. The molecule has 2 N–H and O–H groups in total. The van der Waals surface area contributed by atoms with Gasteiger partial charge in [-0.2, -0.15) is 0 Å². The van der Waals surface area contributed by atoms with Crippen molar-refractivity contribution in [3.8, 4) is 23.0 Å². The lowest BCUT2D eigenvalue weighted by Crippen LogP contribution is -2.40. The molecule has 2 heterocycles. The van der Waals surface area contributed by atoms with Crippen LogP contribution in [0.1, 0.15) is 55.9 Å². The molecule has 0 aromatic heterocycles. The number of allylic oxidation sites excluding steroid dienone is 1. The molecule has 2 aliphatic rings. The Labute approximate surface area is 224 Å². The van der Waals surface area contributed by atoms with E-state index >= 15 is 0 Å². The van der Waals surface area contributed by atoms with Crippen molar-refractivity contribution in [1.82, 2.24) is 4.90 Å². The maximum Gasteiger partial charge on any atom is 0.150 e. The van der Waals surface area contributed by atoms with Crippen LogP contribution in [0.25, 0.3) is 11.1 Å². The van der Waals surface area contributed by atoms with E-state index in [-0.39, 0.29) is 30.1 Å². The first kappa shape index (κ1) is 26.1. The molecule has 0 amide bonds. The summed E-state index contributed by atoms with van der Waals surface area (Å²) in [5.41, 5.74) is 4.57. The van der Waals surface area contributed by atoms with Crippen LogP contribution in [-0.4, -0.2) is 47.5 Å². The van der Waals surface area contributed by atoms with E-state index < -0.39 is 6.10 Å². The smallest absolute Gasteiger partial charge is 0.150 e. The lowest BCUT2D eigenvalue weighted by Gasteiger charge is -2.31. The highest BCUT2D eigenvalue weighted by atomic mass is 19.1. The fraction of sp³-hybridized carbons (Fsp3) is 0.375. The molecule has 5 rings (SSSR count). The standard InChI is InChI=1S/C32H36FNO4/c1-21(34-15-4-3-6-23(18-33)19-34)20-37-28-12-9-24(10-13-28)32-31(25-7-5-8-26(35)16-25)22(2)29-17-27(36)11-14-30(29)38-32/h5,7-14,16-17,21,23,32,35-36H,3-4,6,15,18-20H2,1-2H3. The van der Waals surface area contributed by atoms with Crippen LogP contribution in [0.3, 0.4) is 0 Å². The summed E-state index contributed by atoms with van der Waals surface area (Å²) in [4.78, 5) is 2.35. The van der Waals surface area contributed by atoms with E-state index in [9.17, 15) is 14.6 Å². The highest BCUT2D eigenvalue weighted by Crippen LogP contribution is 2.47. The Kier molecular flexibility index (Phi) is 7.89. The molecule has 0 saturated carbocycles. The van der Waals surface area contributed by atoms with Crippen LogP contribution < -0.4 is 9.47 Å². The van der Waals surface area contributed by atoms with Crippen LogP contribution in [0.15, 0.2) is 66.7 Å². The number of nitrogens with zero attached hydrogens (tertiary/aromatic N) is 1. The minimum atomic E-state index is -0.392. The largest absolute Gasteiger partial charge is 0.508 e. The second-order valence-corrected chi connectivity index (χ2v) is 10.5. The van der Waals surface area contributed by atoms with Crippen molar-refractivity contribution in [2.24, 2.45) is 5.92 Å². The van der Waals surface area contributed by atoms with Crippen molar-refractivity contribution < 1.29 is 24.1 Å². The number of benzene rings is 3. The first-order chi connectivity index (χ1) is 18.4. The van der Waals surface area contributed by atoms with Gasteiger partial charge < -0.3 is 19.7 Å². The van der Waals surface area contributed by atoms with Crippen molar-refractivity contribution in [3.05, 3.63) is 83.4 Å². The molecule has 38 heavy (non-hydrogen) atoms. The number of hydrogen-bond donors (Lipinski definition) is 2. The minimum absolute atomic E-state index is 0.126. The lowest BCUT2D eigenvalue weighted by molar-refractivity contribution is 0.129. The van der Waals surface area contributed by atoms with E-state index in [1.54, 1.807) is 30.3 Å². The normalized spacial score (nSPS) is 20.8. The van der Waals surface area contributed by atoms with Crippen LogP contribution in [0, 0.1) is 5.92 Å². The Morgan fingerprint density at radius 2 is 1.82 bits per heavy atom. The molecule has 1 saturated heterocycles. The minimum Gasteiger partial charge on any atom is -0.508 e. The number of likely N-dealkylation sites (tertiary alicyclic amines) is 1. The average molecular weight is 518 g/mol. The van der Waals surface area contributed by atoms with Gasteiger partial charge in [-0.15, -0.1) is 0 Å². The topological polar surface area (TPSA) is 62.2 Å². The second-order valence-electron chi connectivity index (χ2n) is 10.5. The molecule has 0 bridgehead atoms. The molecular weight excluding hydrogens is 481 g/mol. The molecule has 0 radical (unpaired) electrons. The SMILES string of the molecule is CC1=C(c2cccc(O)c2)C(c2ccc(OCC(C)N3CCCCC(CF)C3)cc2)Oc2ccc(O)cc21. The molecule has 5 nitrogen and oxygen atoms in total. The van der Waals surface area contributed by atoms with Crippen molar-refractivity contribution in [1.29, 1.82) is 0 Å². The predicted octanol–water partition coefficient (Wildman–Crippen LogP) is 7.00. The van der Waals surface area contributed by atoms with E-state index in [1.165, 1.54) is 0 Å². The third-order valence-electron chi connectivity index (χ3n) is 7.75. The Hall–Kier alpha value is -3.51. The number of ether oxygens (including phenoxy) is 2. The fourth-order valence-corrected chi connectivity index (χ4v) is 5.57. The van der Waals surface area contributed by atoms with Gasteiger partial charge in [0.25, 0.3) is 0 Å². The maximum atomic E-state index is 13.3. The molecule has 3 aromatic carbocycles. The van der Waals surface area contributed by atoms with Crippen molar-refractivity contribution >= 4 is 11.1 Å². The zero-order chi connectivity index (χ0) is 26.6. The van der Waals surface area contributed by atoms with Crippen LogP contribution in [-0.2, 0) is 0 Å². The van der Waals surface area contributed by atoms with Gasteiger partial charge in [-0.25, -0.2) is 0 Å². The molecule has 0 aliphatic carbocycles. The van der Waals surface area contributed by atoms with E-state index in [0.717, 1.165) is 65.9 Å². The van der Waals surface area contributed by atoms with Crippen LogP contribution in [0.2, 0.25) is 0 Å². The van der Waals surface area contributed by atoms with Gasteiger partial charge in [-0.05, 0) is 98.3 Å². The summed E-state index contributed by atoms with van der Waals surface area (Å²) < 4.78 is 25.9. The Morgan fingerprint density at radius 3 is 2.58 bits per heavy atom. The molecule has 3 atom stereocenters. The highest BCUT2D eigenvalue weighted by Gasteiger charge is 2.30. The Balaban J connectivity index is 1.35. The van der Waals surface area contributed by atoms with Gasteiger partial charge in [0, 0.05) is 23.7 Å². The summed E-state index contributed by atoms with van der Waals surface area (Å²) in [7, 11) is 0. The second kappa shape index (κ2) is 11.5. The molecule has 2 aliphatic heterocycles. The predicted molar refractivity (Wildman–Crippen MR) is 148 cm³/mol. The number of aromatic hydroxyl groups is 2. The summed E-state index contributed by atoms with van der Waals surface area (Å²) in [6.45, 7) is 6.24. The highest BCUT2D eigenvalue weighted by molar-refractivity contribution is 5.95. The molecule has 1 fully saturated rings. The van der Waals surface area contributed by atoms with Gasteiger partial charge in [0.15, 0.2) is 0 Å². The van der Waals surface area contributed by atoms with E-state index in [1.807, 2.05) is 43.3 Å². The molecule has 200 valence electrons. The number of halogens is 1. The first-order valence-corrected chi connectivity index (χ1v) is 13.5. The van der Waals surface area contributed by atoms with Gasteiger partial charge >= 0.3 is 0 Å². The van der Waals surface area contributed by atoms with Crippen LogP contribution in [0.5, 0.6) is 23.0 Å². The average Bonchev–Trinajstić information content (AvgIpc) is 3.18. The fourth-order valence-electron chi connectivity index (χ4n) is 5.57. The number of hydrogen-bond acceptors (Lipinski definition) is 5. The van der Waals surface area contributed by atoms with Gasteiger partial charge in [-0.1, -0.05) is 30.7 Å². The summed E-state index contributed by atoms with van der Waals surface area (Å²) in [6, 6.07) is 20.4. The van der Waals surface area contributed by atoms with Gasteiger partial charge in [0.2, 0.25) is 0 Å². The first-order valence-electron chi connectivity index (χ1n) is 13.5. The molecule has 3 aromatic rings. The molecular formula is C32H36FNO4. The summed E-state index contributed by atoms with van der Waals surface area (Å²) in [5, 5.41) is 20.2. The number of phenols is 2. The van der Waals surface area contributed by atoms with E-state index in [0.29, 0.717) is 12.4 Å². The maximum absolute atomic E-state index is 13.3. The quantitative estimate of drug-likeness (QED) is 0.353. The van der Waals surface area contributed by atoms with E-state index in [4.69, 9.17) is 9.47 Å². The lowest BCUT2D eigenvalue weighted by atomic mass is 9.86. The third kappa shape index (κ3) is 5.65. The number of phenolic OH excluding ortho intramolecular Hbond substituents is 2. The van der Waals surface area contributed by atoms with Crippen LogP contribution in [0.4, 0.5) is 4.39 Å². The van der Waals surface area contributed by atoms with Crippen molar-refractivity contribution in [3.63, 3.8) is 0 Å². The Morgan fingerprint density at radius 1 is 1.03 bits per heavy atom. The summed E-state index contributed by atoms with van der Waals surface area (Å²) in [5.74, 6) is 1.96. The summed E-state index contributed by atoms with van der Waals surface area (Å²) in [6.07, 6.45) is 2.77. The molecule has 0 spiro atoms. The molecule has 6 heteroatoms. The summed E-state index contributed by atoms with van der Waals surface area (Å²) >= 11 is 0. The number of alkyl halides is 1. The van der Waals surface area contributed by atoms with Gasteiger partial charge in [0.1, 0.15) is 35.7 Å². The van der Waals surface area contributed by atoms with Gasteiger partial charge in [-0.3, -0.25) is 9.29 Å². The Bertz CT molecular complexity index is 1290. The number of fused-ring (bicyclic) bond motifs is 1. The van der Waals surface area contributed by atoms with Gasteiger partial charge in [0.05, 0.1) is 6.67 Å². The van der Waals surface area contributed by atoms with E-state index in [2.05, 4.69) is 11.8 Å². The van der Waals surface area contributed by atoms with Crippen LogP contribution >= 0.6 is 0 Å². The third-order valence-corrected chi connectivity index (χ3v) is 7.75. The van der Waals surface area contributed by atoms with Crippen molar-refractivity contribution in [2.45, 2.75) is 45.3 Å².